The molecule has 1 amide bonds. The Labute approximate surface area is 175 Å². The van der Waals surface area contributed by atoms with E-state index in [0.717, 1.165) is 31.2 Å². The molecule has 1 aromatic carbocycles. The Morgan fingerprint density at radius 3 is 2.48 bits per heavy atom. The van der Waals surface area contributed by atoms with Crippen molar-refractivity contribution in [3.63, 3.8) is 0 Å². The quantitative estimate of drug-likeness (QED) is 0.538. The van der Waals surface area contributed by atoms with Gasteiger partial charge in [0.15, 0.2) is 0 Å². The molecule has 5 nitrogen and oxygen atoms in total. The number of aliphatic hydroxyl groups excluding tert-OH is 2. The molecular weight excluding hydrogens is 364 g/mol. The second-order valence-electron chi connectivity index (χ2n) is 9.25. The lowest BCUT2D eigenvalue weighted by Crippen LogP contribution is -2.53. The lowest BCUT2D eigenvalue weighted by atomic mass is 9.78. The zero-order valence-corrected chi connectivity index (χ0v) is 17.7. The largest absolute Gasteiger partial charge is 0.394 e. The van der Waals surface area contributed by atoms with Crippen LogP contribution >= 0.6 is 0 Å². The van der Waals surface area contributed by atoms with Gasteiger partial charge in [-0.3, -0.25) is 4.79 Å². The molecular formula is C24H38N2O3. The fourth-order valence-electron chi connectivity index (χ4n) is 4.94. The summed E-state index contributed by atoms with van der Waals surface area (Å²) in [6.07, 6.45) is 9.02. The Morgan fingerprint density at radius 2 is 1.79 bits per heavy atom. The Hall–Kier alpha value is -1.43. The lowest BCUT2D eigenvalue weighted by Gasteiger charge is -2.33. The number of nitrogens with one attached hydrogen (secondary N) is 2. The van der Waals surface area contributed by atoms with Crippen molar-refractivity contribution in [2.24, 2.45) is 17.8 Å². The van der Waals surface area contributed by atoms with Crippen LogP contribution in [0.1, 0.15) is 70.0 Å². The van der Waals surface area contributed by atoms with Gasteiger partial charge in [0.1, 0.15) is 6.10 Å². The number of aliphatic hydroxyl groups is 2. The van der Waals surface area contributed by atoms with Crippen LogP contribution < -0.4 is 10.6 Å². The summed E-state index contributed by atoms with van der Waals surface area (Å²) in [5.74, 6) is 2.23. The second kappa shape index (κ2) is 11.1. The second-order valence-corrected chi connectivity index (χ2v) is 9.25. The number of hydrogen-bond acceptors (Lipinski definition) is 4. The molecule has 0 spiro atoms. The van der Waals surface area contributed by atoms with Crippen molar-refractivity contribution in [2.45, 2.75) is 76.5 Å². The maximum Gasteiger partial charge on any atom is 0.237 e. The molecule has 2 fully saturated rings. The van der Waals surface area contributed by atoms with Gasteiger partial charge in [0.2, 0.25) is 5.91 Å². The highest BCUT2D eigenvalue weighted by Gasteiger charge is 2.30. The Balaban J connectivity index is 1.47. The highest BCUT2D eigenvalue weighted by atomic mass is 16.3. The van der Waals surface area contributed by atoms with Gasteiger partial charge in [-0.2, -0.15) is 0 Å². The van der Waals surface area contributed by atoms with Crippen LogP contribution in [0.15, 0.2) is 30.3 Å². The van der Waals surface area contributed by atoms with Crippen molar-refractivity contribution in [1.29, 1.82) is 0 Å². The van der Waals surface area contributed by atoms with E-state index in [9.17, 15) is 15.0 Å². The molecule has 5 heteroatoms. The normalized spacial score (nSPS) is 29.8. The van der Waals surface area contributed by atoms with Gasteiger partial charge in [-0.25, -0.2) is 0 Å². The minimum Gasteiger partial charge on any atom is -0.394 e. The zero-order chi connectivity index (χ0) is 20.6. The topological polar surface area (TPSA) is 81.6 Å². The smallest absolute Gasteiger partial charge is 0.237 e. The Kier molecular flexibility index (Phi) is 8.52. The third-order valence-corrected chi connectivity index (χ3v) is 6.99. The molecule has 0 aromatic heterocycles. The van der Waals surface area contributed by atoms with Gasteiger partial charge in [-0.05, 0) is 42.7 Å². The van der Waals surface area contributed by atoms with Crippen LogP contribution in [-0.4, -0.2) is 41.4 Å². The van der Waals surface area contributed by atoms with E-state index in [4.69, 9.17) is 0 Å². The molecule has 4 atom stereocenters. The molecule has 1 heterocycles. The van der Waals surface area contributed by atoms with Crippen molar-refractivity contribution in [3.05, 3.63) is 35.9 Å². The monoisotopic (exact) mass is 402 g/mol. The fourth-order valence-corrected chi connectivity index (χ4v) is 4.94. The highest BCUT2D eigenvalue weighted by molar-refractivity contribution is 5.82. The maximum atomic E-state index is 12.8. The predicted octanol–water partition coefficient (Wildman–Crippen LogP) is 3.17. The fraction of sp³-hybridized carbons (Fsp3) is 0.708. The zero-order valence-electron chi connectivity index (χ0n) is 17.7. The summed E-state index contributed by atoms with van der Waals surface area (Å²) in [5.41, 5.74) is 0.697. The van der Waals surface area contributed by atoms with Crippen LogP contribution in [0.4, 0.5) is 0 Å². The van der Waals surface area contributed by atoms with Crippen molar-refractivity contribution < 1.29 is 15.0 Å². The van der Waals surface area contributed by atoms with Gasteiger partial charge in [0, 0.05) is 0 Å². The summed E-state index contributed by atoms with van der Waals surface area (Å²) in [4.78, 5) is 12.8. The lowest BCUT2D eigenvalue weighted by molar-refractivity contribution is -0.126. The molecule has 1 aliphatic carbocycles. The van der Waals surface area contributed by atoms with Crippen LogP contribution in [-0.2, 0) is 4.79 Å². The summed E-state index contributed by atoms with van der Waals surface area (Å²) in [6, 6.07) is 8.24. The first-order chi connectivity index (χ1) is 14.1. The molecule has 4 N–H and O–H groups in total. The number of rotatable bonds is 8. The number of carbonyl (C=O) groups excluding carboxylic acids is 1. The molecule has 1 aliphatic heterocycles. The summed E-state index contributed by atoms with van der Waals surface area (Å²) in [7, 11) is 0. The van der Waals surface area contributed by atoms with Crippen LogP contribution in [0, 0.1) is 17.8 Å². The van der Waals surface area contributed by atoms with E-state index in [-0.39, 0.29) is 18.6 Å². The molecule has 1 aromatic rings. The SMILES string of the molecule is CC1CCC(CCC2CCNC(C(=O)N[C@@H](CO)[C@@H](O)c3ccccc3)C2)CC1. The number of piperidine rings is 1. The third-order valence-electron chi connectivity index (χ3n) is 6.99. The van der Waals surface area contributed by atoms with Crippen LogP contribution in [0.2, 0.25) is 0 Å². The van der Waals surface area contributed by atoms with E-state index >= 15 is 0 Å². The minimum absolute atomic E-state index is 0.116. The number of carbonyl (C=O) groups is 1. The van der Waals surface area contributed by atoms with Gasteiger partial charge in [0.05, 0.1) is 18.7 Å². The molecule has 1 saturated heterocycles. The molecule has 29 heavy (non-hydrogen) atoms. The third kappa shape index (κ3) is 6.53. The van der Waals surface area contributed by atoms with Crippen molar-refractivity contribution in [3.8, 4) is 0 Å². The summed E-state index contributed by atoms with van der Waals surface area (Å²) < 4.78 is 0. The first-order valence-electron chi connectivity index (χ1n) is 11.4. The summed E-state index contributed by atoms with van der Waals surface area (Å²) in [6.45, 7) is 2.92. The molecule has 162 valence electrons. The van der Waals surface area contributed by atoms with E-state index in [1.165, 1.54) is 38.5 Å². The minimum atomic E-state index is -0.918. The Bertz CT molecular complexity index is 616. The average Bonchev–Trinajstić information content (AvgIpc) is 2.77. The summed E-state index contributed by atoms with van der Waals surface area (Å²) >= 11 is 0. The molecule has 0 radical (unpaired) electrons. The molecule has 2 unspecified atom stereocenters. The highest BCUT2D eigenvalue weighted by Crippen LogP contribution is 2.33. The number of benzene rings is 1. The van der Waals surface area contributed by atoms with Crippen LogP contribution in [0.25, 0.3) is 0 Å². The van der Waals surface area contributed by atoms with Gasteiger partial charge < -0.3 is 20.8 Å². The van der Waals surface area contributed by atoms with E-state index in [1.807, 2.05) is 18.2 Å². The van der Waals surface area contributed by atoms with Crippen LogP contribution in [0.3, 0.4) is 0 Å². The molecule has 0 bridgehead atoms. The Morgan fingerprint density at radius 1 is 1.10 bits per heavy atom. The maximum absolute atomic E-state index is 12.8. The van der Waals surface area contributed by atoms with E-state index in [2.05, 4.69) is 17.6 Å². The summed E-state index contributed by atoms with van der Waals surface area (Å²) in [5, 5.41) is 26.4. The van der Waals surface area contributed by atoms with Crippen LogP contribution in [0.5, 0.6) is 0 Å². The first-order valence-corrected chi connectivity index (χ1v) is 11.4. The van der Waals surface area contributed by atoms with E-state index in [1.54, 1.807) is 12.1 Å². The molecule has 2 aliphatic rings. The van der Waals surface area contributed by atoms with Gasteiger partial charge in [-0.1, -0.05) is 75.8 Å². The van der Waals surface area contributed by atoms with Gasteiger partial charge in [-0.15, -0.1) is 0 Å². The predicted molar refractivity (Wildman–Crippen MR) is 115 cm³/mol. The number of amides is 1. The first kappa shape index (κ1) is 22.3. The molecule has 3 rings (SSSR count). The standard InChI is InChI=1S/C24H38N2O3/c1-17-7-9-18(10-8-17)11-12-19-13-14-25-21(15-19)24(29)26-22(16-27)23(28)20-5-3-2-4-6-20/h2-6,17-19,21-23,25,27-28H,7-16H2,1H3,(H,26,29)/t17?,18?,19?,21?,22-,23-/m0/s1. The van der Waals surface area contributed by atoms with Gasteiger partial charge >= 0.3 is 0 Å². The van der Waals surface area contributed by atoms with Crippen molar-refractivity contribution >= 4 is 5.91 Å². The van der Waals surface area contributed by atoms with Crippen molar-refractivity contribution in [2.75, 3.05) is 13.2 Å². The van der Waals surface area contributed by atoms with E-state index in [0.29, 0.717) is 11.5 Å². The number of hydrogen-bond donors (Lipinski definition) is 4. The van der Waals surface area contributed by atoms with Gasteiger partial charge in [0.25, 0.3) is 0 Å². The van der Waals surface area contributed by atoms with E-state index < -0.39 is 12.1 Å². The van der Waals surface area contributed by atoms with Crippen molar-refractivity contribution in [1.82, 2.24) is 10.6 Å². The average molecular weight is 403 g/mol. The molecule has 1 saturated carbocycles.